The minimum absolute atomic E-state index is 0.174. The highest BCUT2D eigenvalue weighted by Crippen LogP contribution is 2.08. The van der Waals surface area contributed by atoms with Crippen LogP contribution in [0.1, 0.15) is 39.5 Å². The minimum Gasteiger partial charge on any atom is -0.390 e. The Morgan fingerprint density at radius 3 is 1.28 bits per heavy atom. The number of ketones is 2. The molecule has 0 aromatic heterocycles. The summed E-state index contributed by atoms with van der Waals surface area (Å²) in [6.45, 7) is 3.50. The molecule has 0 amide bonds. The lowest BCUT2D eigenvalue weighted by Crippen LogP contribution is -2.46. The van der Waals surface area contributed by atoms with Crippen LogP contribution in [-0.4, -0.2) is 56.4 Å². The molecule has 0 rings (SSSR count). The average molecular weight is 262 g/mol. The van der Waals surface area contributed by atoms with E-state index in [0.29, 0.717) is 12.8 Å². The van der Waals surface area contributed by atoms with Crippen molar-refractivity contribution in [2.24, 2.45) is 0 Å². The quantitative estimate of drug-likeness (QED) is 0.403. The Morgan fingerprint density at radius 2 is 1.06 bits per heavy atom. The monoisotopic (exact) mass is 262 g/mol. The fraction of sp³-hybridized carbons (Fsp3) is 0.833. The van der Waals surface area contributed by atoms with Crippen LogP contribution in [0.4, 0.5) is 0 Å². The van der Waals surface area contributed by atoms with Crippen molar-refractivity contribution < 1.29 is 30.0 Å². The first kappa shape index (κ1) is 17.2. The number of rotatable bonds is 9. The SMILES string of the molecule is CCCC(O)[C@H](O)C(=O)C(=O)[C@H](O)C(O)CCC. The highest BCUT2D eigenvalue weighted by molar-refractivity contribution is 6.40. The van der Waals surface area contributed by atoms with Gasteiger partial charge in [-0.05, 0) is 12.8 Å². The second-order valence-electron chi connectivity index (χ2n) is 4.33. The second-order valence-corrected chi connectivity index (χ2v) is 4.33. The molecular formula is C12H22O6. The van der Waals surface area contributed by atoms with E-state index >= 15 is 0 Å². The van der Waals surface area contributed by atoms with Crippen LogP contribution in [-0.2, 0) is 9.59 Å². The first-order chi connectivity index (χ1) is 8.36. The van der Waals surface area contributed by atoms with Crippen molar-refractivity contribution in [1.29, 1.82) is 0 Å². The van der Waals surface area contributed by atoms with E-state index in [2.05, 4.69) is 0 Å². The molecule has 0 aliphatic carbocycles. The van der Waals surface area contributed by atoms with E-state index in [1.54, 1.807) is 13.8 Å². The summed E-state index contributed by atoms with van der Waals surface area (Å²) < 4.78 is 0. The zero-order valence-corrected chi connectivity index (χ0v) is 10.7. The summed E-state index contributed by atoms with van der Waals surface area (Å²) in [6.07, 6.45) is -4.92. The van der Waals surface area contributed by atoms with E-state index in [9.17, 15) is 30.0 Å². The lowest BCUT2D eigenvalue weighted by molar-refractivity contribution is -0.152. The van der Waals surface area contributed by atoms with Gasteiger partial charge in [0.15, 0.2) is 0 Å². The molecular weight excluding hydrogens is 240 g/mol. The van der Waals surface area contributed by atoms with Crippen molar-refractivity contribution in [1.82, 2.24) is 0 Å². The van der Waals surface area contributed by atoms with Crippen LogP contribution in [0, 0.1) is 0 Å². The smallest absolute Gasteiger partial charge is 0.232 e. The highest BCUT2D eigenvalue weighted by atomic mass is 16.3. The summed E-state index contributed by atoms with van der Waals surface area (Å²) in [5.41, 5.74) is 0. The van der Waals surface area contributed by atoms with Crippen LogP contribution in [0.25, 0.3) is 0 Å². The maximum absolute atomic E-state index is 11.5. The molecule has 6 heteroatoms. The molecule has 106 valence electrons. The number of aliphatic hydroxyl groups is 4. The van der Waals surface area contributed by atoms with Crippen molar-refractivity contribution in [2.45, 2.75) is 63.9 Å². The van der Waals surface area contributed by atoms with Crippen LogP contribution in [0.15, 0.2) is 0 Å². The molecule has 4 N–H and O–H groups in total. The summed E-state index contributed by atoms with van der Waals surface area (Å²) in [5, 5.41) is 37.7. The standard InChI is InChI=1S/C12H22O6/c1-3-5-7(13)9(15)11(17)12(18)10(16)8(14)6-4-2/h7-10,13-16H,3-6H2,1-2H3/t7?,8?,9-,10+. The van der Waals surface area contributed by atoms with E-state index in [-0.39, 0.29) is 12.8 Å². The van der Waals surface area contributed by atoms with Crippen molar-refractivity contribution in [2.75, 3.05) is 0 Å². The van der Waals surface area contributed by atoms with Crippen LogP contribution in [0.2, 0.25) is 0 Å². The van der Waals surface area contributed by atoms with Crippen molar-refractivity contribution in [3.63, 3.8) is 0 Å². The number of carbonyl (C=O) groups is 2. The molecule has 0 aromatic carbocycles. The molecule has 0 radical (unpaired) electrons. The molecule has 0 aliphatic heterocycles. The molecule has 4 atom stereocenters. The van der Waals surface area contributed by atoms with E-state index < -0.39 is 36.0 Å². The van der Waals surface area contributed by atoms with Gasteiger partial charge in [-0.15, -0.1) is 0 Å². The number of aliphatic hydroxyl groups excluding tert-OH is 4. The first-order valence-corrected chi connectivity index (χ1v) is 6.17. The summed E-state index contributed by atoms with van der Waals surface area (Å²) in [7, 11) is 0. The topological polar surface area (TPSA) is 115 Å². The molecule has 0 bridgehead atoms. The van der Waals surface area contributed by atoms with Gasteiger partial charge < -0.3 is 20.4 Å². The van der Waals surface area contributed by atoms with E-state index in [1.165, 1.54) is 0 Å². The van der Waals surface area contributed by atoms with Gasteiger partial charge in [-0.1, -0.05) is 26.7 Å². The van der Waals surface area contributed by atoms with Gasteiger partial charge in [-0.25, -0.2) is 0 Å². The molecule has 0 saturated heterocycles. The van der Waals surface area contributed by atoms with Crippen LogP contribution in [0.3, 0.4) is 0 Å². The second kappa shape index (κ2) is 8.31. The largest absolute Gasteiger partial charge is 0.390 e. The lowest BCUT2D eigenvalue weighted by atomic mass is 9.96. The molecule has 0 heterocycles. The Hall–Kier alpha value is -0.820. The molecule has 0 fully saturated rings. The third-order valence-electron chi connectivity index (χ3n) is 2.68. The molecule has 2 unspecified atom stereocenters. The maximum Gasteiger partial charge on any atom is 0.232 e. The average Bonchev–Trinajstić information content (AvgIpc) is 2.35. The molecule has 18 heavy (non-hydrogen) atoms. The predicted molar refractivity (Wildman–Crippen MR) is 63.9 cm³/mol. The van der Waals surface area contributed by atoms with Gasteiger partial charge >= 0.3 is 0 Å². The van der Waals surface area contributed by atoms with E-state index in [4.69, 9.17) is 0 Å². The maximum atomic E-state index is 11.5. The third-order valence-corrected chi connectivity index (χ3v) is 2.68. The third kappa shape index (κ3) is 4.81. The zero-order valence-electron chi connectivity index (χ0n) is 10.7. The van der Waals surface area contributed by atoms with Gasteiger partial charge in [0.1, 0.15) is 12.2 Å². The van der Waals surface area contributed by atoms with E-state index in [1.807, 2.05) is 0 Å². The fourth-order valence-electron chi connectivity index (χ4n) is 1.55. The molecule has 0 saturated carbocycles. The number of hydrogen-bond donors (Lipinski definition) is 4. The summed E-state index contributed by atoms with van der Waals surface area (Å²) in [5.74, 6) is -2.53. The number of Topliss-reactive ketones (excluding diaryl/α,β-unsaturated/α-hetero) is 2. The van der Waals surface area contributed by atoms with Crippen LogP contribution in [0.5, 0.6) is 0 Å². The highest BCUT2D eigenvalue weighted by Gasteiger charge is 2.35. The molecule has 0 aromatic rings. The van der Waals surface area contributed by atoms with Gasteiger partial charge in [-0.3, -0.25) is 9.59 Å². The molecule has 0 spiro atoms. The van der Waals surface area contributed by atoms with Gasteiger partial charge in [0.25, 0.3) is 0 Å². The minimum atomic E-state index is -1.85. The van der Waals surface area contributed by atoms with Crippen molar-refractivity contribution >= 4 is 11.6 Å². The Balaban J connectivity index is 4.53. The van der Waals surface area contributed by atoms with E-state index in [0.717, 1.165) is 0 Å². The summed E-state index contributed by atoms with van der Waals surface area (Å²) in [6, 6.07) is 0. The lowest BCUT2D eigenvalue weighted by Gasteiger charge is -2.19. The van der Waals surface area contributed by atoms with Crippen LogP contribution >= 0.6 is 0 Å². The summed E-state index contributed by atoms with van der Waals surface area (Å²) in [4.78, 5) is 23.0. The van der Waals surface area contributed by atoms with Crippen LogP contribution < -0.4 is 0 Å². The first-order valence-electron chi connectivity index (χ1n) is 6.17. The Bertz CT molecular complexity index is 250. The number of carbonyl (C=O) groups excluding carboxylic acids is 2. The summed E-state index contributed by atoms with van der Waals surface area (Å²) >= 11 is 0. The van der Waals surface area contributed by atoms with Crippen molar-refractivity contribution in [3.05, 3.63) is 0 Å². The normalized spacial score (nSPS) is 17.9. The fourth-order valence-corrected chi connectivity index (χ4v) is 1.55. The van der Waals surface area contributed by atoms with Gasteiger partial charge in [0, 0.05) is 0 Å². The molecule has 0 aliphatic rings. The van der Waals surface area contributed by atoms with Gasteiger partial charge in [0.05, 0.1) is 12.2 Å². The van der Waals surface area contributed by atoms with Gasteiger partial charge in [0.2, 0.25) is 11.6 Å². The Morgan fingerprint density at radius 1 is 0.778 bits per heavy atom. The Kier molecular flexibility index (Phi) is 7.93. The van der Waals surface area contributed by atoms with Gasteiger partial charge in [-0.2, -0.15) is 0 Å². The molecule has 6 nitrogen and oxygen atoms in total. The predicted octanol–water partition coefficient (Wildman–Crippen LogP) is -0.832. The van der Waals surface area contributed by atoms with Crippen molar-refractivity contribution in [3.8, 4) is 0 Å². The zero-order chi connectivity index (χ0) is 14.3. The Labute approximate surface area is 106 Å². The number of hydrogen-bond acceptors (Lipinski definition) is 6.